The molecule has 0 saturated carbocycles. The van der Waals surface area contributed by atoms with E-state index < -0.39 is 0 Å². The van der Waals surface area contributed by atoms with Crippen LogP contribution in [-0.2, 0) is 16.2 Å². The standard InChI is InChI=1S/C70H58BN3/c1-68(2,3)52-35-37-62-57(40-52)48-30-33-51(34-31-48)70(6)45-69(4,5)58-43-61-64(44-59(58)70)74(62)66-42-56(72(53-25-15-9-16-26-53)54-27-17-10-18-28-54)41-65-67(66)71(61)60-36-32-50(47-22-13-8-14-23-47)39-63(60)73(65)55-29-19-24-49(38-55)46-20-11-7-12-21-46/h7-44H,45H2,1-6H3. The molecule has 0 radical (unpaired) electrons. The van der Waals surface area contributed by atoms with E-state index in [0.29, 0.717) is 0 Å². The molecule has 1 aliphatic carbocycles. The predicted octanol–water partition coefficient (Wildman–Crippen LogP) is 16.8. The van der Waals surface area contributed by atoms with Crippen molar-refractivity contribution < 1.29 is 0 Å². The van der Waals surface area contributed by atoms with Crippen molar-refractivity contribution in [3.8, 4) is 33.4 Å². The van der Waals surface area contributed by atoms with Crippen LogP contribution in [0.3, 0.4) is 0 Å². The molecule has 4 aliphatic heterocycles. The fraction of sp³-hybridized carbons (Fsp3) is 0.143. The zero-order valence-corrected chi connectivity index (χ0v) is 43.1. The molecule has 0 aromatic heterocycles. The summed E-state index contributed by atoms with van der Waals surface area (Å²) in [5.74, 6) is 0. The van der Waals surface area contributed by atoms with Gasteiger partial charge in [-0.2, -0.15) is 0 Å². The van der Waals surface area contributed by atoms with Gasteiger partial charge < -0.3 is 14.7 Å². The van der Waals surface area contributed by atoms with Crippen LogP contribution in [0.25, 0.3) is 33.4 Å². The molecule has 3 nitrogen and oxygen atoms in total. The Morgan fingerprint density at radius 2 is 0.986 bits per heavy atom. The summed E-state index contributed by atoms with van der Waals surface area (Å²) in [6, 6.07) is 87.3. The van der Waals surface area contributed by atoms with Crippen LogP contribution < -0.4 is 31.1 Å². The van der Waals surface area contributed by atoms with Gasteiger partial charge in [0.2, 0.25) is 0 Å². The third kappa shape index (κ3) is 6.81. The molecule has 0 N–H and O–H groups in total. The minimum atomic E-state index is -0.189. The Morgan fingerprint density at radius 1 is 0.419 bits per heavy atom. The predicted molar refractivity (Wildman–Crippen MR) is 314 cm³/mol. The fourth-order valence-electron chi connectivity index (χ4n) is 13.4. The number of rotatable bonds is 6. The van der Waals surface area contributed by atoms with Gasteiger partial charge >= 0.3 is 0 Å². The van der Waals surface area contributed by atoms with E-state index >= 15 is 0 Å². The third-order valence-electron chi connectivity index (χ3n) is 16.9. The Kier molecular flexibility index (Phi) is 9.80. The van der Waals surface area contributed by atoms with Gasteiger partial charge in [-0.15, -0.1) is 0 Å². The Bertz CT molecular complexity index is 3800. The third-order valence-corrected chi connectivity index (χ3v) is 16.9. The molecule has 4 heterocycles. The van der Waals surface area contributed by atoms with Crippen molar-refractivity contribution in [2.45, 2.75) is 64.2 Å². The molecule has 15 rings (SSSR count). The first-order valence-electron chi connectivity index (χ1n) is 26.4. The maximum atomic E-state index is 2.68. The summed E-state index contributed by atoms with van der Waals surface area (Å²) in [5, 5.41) is 0. The number of nitrogens with zero attached hydrogens (tertiary/aromatic N) is 3. The van der Waals surface area contributed by atoms with Crippen molar-refractivity contribution in [1.29, 1.82) is 0 Å². The molecule has 4 heteroatoms. The lowest BCUT2D eigenvalue weighted by Crippen LogP contribution is -2.61. The molecule has 0 saturated heterocycles. The molecule has 1 unspecified atom stereocenters. The summed E-state index contributed by atoms with van der Waals surface area (Å²) in [6.07, 6.45) is 1.03. The lowest BCUT2D eigenvalue weighted by molar-refractivity contribution is 0.425. The van der Waals surface area contributed by atoms with Gasteiger partial charge in [0.25, 0.3) is 6.71 Å². The normalized spacial score (nSPS) is 16.3. The SMILES string of the molecule is CC(C)(C)c1ccc2c(c1)-c1ccc(cc1)C1(C)CC(C)(C)c3cc4c(cc31)N2c1cc(N(c2ccccc2)c2ccccc2)cc2c1B4c1ccc(-c3ccccc3)cc1N2c1cccc(-c2ccccc2)c1. The van der Waals surface area contributed by atoms with Gasteiger partial charge in [0.15, 0.2) is 0 Å². The zero-order chi connectivity index (χ0) is 50.1. The van der Waals surface area contributed by atoms with Crippen LogP contribution in [0.5, 0.6) is 0 Å². The first-order valence-corrected chi connectivity index (χ1v) is 26.4. The first kappa shape index (κ1) is 44.4. The van der Waals surface area contributed by atoms with Crippen LogP contribution in [-0.4, -0.2) is 6.71 Å². The van der Waals surface area contributed by atoms with Crippen molar-refractivity contribution in [3.05, 3.63) is 253 Å². The lowest BCUT2D eigenvalue weighted by atomic mass is 9.33. The molecule has 10 aromatic carbocycles. The van der Waals surface area contributed by atoms with E-state index in [0.717, 1.165) is 29.2 Å². The Morgan fingerprint density at radius 3 is 1.62 bits per heavy atom. The van der Waals surface area contributed by atoms with Crippen molar-refractivity contribution in [1.82, 2.24) is 0 Å². The van der Waals surface area contributed by atoms with Gasteiger partial charge in [0.1, 0.15) is 0 Å². The Labute approximate surface area is 437 Å². The van der Waals surface area contributed by atoms with E-state index in [1.54, 1.807) is 0 Å². The number of benzene rings is 10. The summed E-state index contributed by atoms with van der Waals surface area (Å²) in [5.41, 5.74) is 26.8. The van der Waals surface area contributed by atoms with Crippen LogP contribution >= 0.6 is 0 Å². The van der Waals surface area contributed by atoms with Crippen LogP contribution in [0.4, 0.5) is 51.2 Å². The summed E-state index contributed by atoms with van der Waals surface area (Å²) in [4.78, 5) is 7.72. The van der Waals surface area contributed by atoms with Gasteiger partial charge in [-0.3, -0.25) is 0 Å². The second-order valence-corrected chi connectivity index (χ2v) is 23.0. The van der Waals surface area contributed by atoms with Crippen molar-refractivity contribution in [2.75, 3.05) is 14.7 Å². The van der Waals surface area contributed by atoms with Crippen molar-refractivity contribution >= 4 is 74.3 Å². The number of hydrogen-bond donors (Lipinski definition) is 0. The Hall–Kier alpha value is -8.34. The van der Waals surface area contributed by atoms with Gasteiger partial charge in [0.05, 0.1) is 11.4 Å². The number of hydrogen-bond acceptors (Lipinski definition) is 3. The molecule has 4 bridgehead atoms. The van der Waals surface area contributed by atoms with Crippen LogP contribution in [0.2, 0.25) is 0 Å². The minimum Gasteiger partial charge on any atom is -0.311 e. The molecule has 5 aliphatic rings. The molecule has 0 amide bonds. The second-order valence-electron chi connectivity index (χ2n) is 23.0. The minimum absolute atomic E-state index is 0.0544. The van der Waals surface area contributed by atoms with Crippen LogP contribution in [0.1, 0.15) is 70.2 Å². The van der Waals surface area contributed by atoms with E-state index in [2.05, 4.69) is 287 Å². The summed E-state index contributed by atoms with van der Waals surface area (Å²) in [6.45, 7) is 14.4. The number of fused-ring (bicyclic) bond motifs is 5. The highest BCUT2D eigenvalue weighted by molar-refractivity contribution is 7.00. The smallest absolute Gasteiger partial charge is 0.252 e. The summed E-state index contributed by atoms with van der Waals surface area (Å²) >= 11 is 0. The second kappa shape index (κ2) is 16.3. The Balaban J connectivity index is 1.15. The quantitative estimate of drug-likeness (QED) is 0.154. The summed E-state index contributed by atoms with van der Waals surface area (Å²) < 4.78 is 0. The molecule has 356 valence electrons. The van der Waals surface area contributed by atoms with Gasteiger partial charge in [0, 0.05) is 50.8 Å². The first-order chi connectivity index (χ1) is 35.9. The zero-order valence-electron chi connectivity index (χ0n) is 43.1. The fourth-order valence-corrected chi connectivity index (χ4v) is 13.4. The topological polar surface area (TPSA) is 9.72 Å². The summed E-state index contributed by atoms with van der Waals surface area (Å²) in [7, 11) is 0. The van der Waals surface area contributed by atoms with Crippen LogP contribution in [0.15, 0.2) is 231 Å². The number of anilines is 9. The molecular formula is C70H58BN3. The highest BCUT2D eigenvalue weighted by Gasteiger charge is 2.50. The van der Waals surface area contributed by atoms with Gasteiger partial charge in [-0.25, -0.2) is 0 Å². The van der Waals surface area contributed by atoms with E-state index in [1.165, 1.54) is 100 Å². The van der Waals surface area contributed by atoms with Gasteiger partial charge in [-0.05, 0) is 157 Å². The van der Waals surface area contributed by atoms with Crippen LogP contribution in [0, 0.1) is 0 Å². The lowest BCUT2D eigenvalue weighted by Gasteiger charge is -2.46. The monoisotopic (exact) mass is 951 g/mol. The largest absolute Gasteiger partial charge is 0.311 e. The number of para-hydroxylation sites is 2. The molecule has 1 atom stereocenters. The maximum Gasteiger partial charge on any atom is 0.252 e. The average Bonchev–Trinajstić information content (AvgIpc) is 3.70. The molecule has 0 spiro atoms. The molecule has 0 fully saturated rings. The van der Waals surface area contributed by atoms with Gasteiger partial charge in [-0.1, -0.05) is 199 Å². The molecular weight excluding hydrogens is 894 g/mol. The van der Waals surface area contributed by atoms with E-state index in [4.69, 9.17) is 0 Å². The van der Waals surface area contributed by atoms with E-state index in [-0.39, 0.29) is 23.0 Å². The highest BCUT2D eigenvalue weighted by atomic mass is 15.2. The van der Waals surface area contributed by atoms with E-state index in [9.17, 15) is 0 Å². The van der Waals surface area contributed by atoms with Crippen molar-refractivity contribution in [2.24, 2.45) is 0 Å². The van der Waals surface area contributed by atoms with E-state index in [1.807, 2.05) is 0 Å². The maximum absolute atomic E-state index is 2.68. The molecule has 10 aromatic rings. The highest BCUT2D eigenvalue weighted by Crippen LogP contribution is 2.57. The average molecular weight is 952 g/mol. The molecule has 74 heavy (non-hydrogen) atoms. The van der Waals surface area contributed by atoms with Crippen molar-refractivity contribution in [3.63, 3.8) is 0 Å².